The van der Waals surface area contributed by atoms with Crippen LogP contribution in [-0.4, -0.2) is 63.2 Å². The number of esters is 1. The zero-order chi connectivity index (χ0) is 10.6. The van der Waals surface area contributed by atoms with Gasteiger partial charge in [-0.05, 0) is 27.1 Å². The summed E-state index contributed by atoms with van der Waals surface area (Å²) in [4.78, 5) is 15.7. The number of ether oxygens (including phenoxy) is 1. The molecule has 1 saturated heterocycles. The average molecular weight is 200 g/mol. The second kappa shape index (κ2) is 5.32. The maximum Gasteiger partial charge on any atom is 0.310 e. The number of carbonyl (C=O) groups is 1. The van der Waals surface area contributed by atoms with E-state index in [1.54, 1.807) is 0 Å². The Bertz CT molecular complexity index is 195. The molecule has 1 rings (SSSR count). The Morgan fingerprint density at radius 3 is 2.86 bits per heavy atom. The maximum absolute atomic E-state index is 11.2. The van der Waals surface area contributed by atoms with Gasteiger partial charge in [0.15, 0.2) is 0 Å². The van der Waals surface area contributed by atoms with Gasteiger partial charge in [0, 0.05) is 19.6 Å². The molecule has 0 aromatic heterocycles. The minimum atomic E-state index is -0.0580. The molecule has 1 unspecified atom stereocenters. The first kappa shape index (κ1) is 11.5. The molecule has 0 bridgehead atoms. The van der Waals surface area contributed by atoms with Crippen molar-refractivity contribution in [1.29, 1.82) is 0 Å². The quantitative estimate of drug-likeness (QED) is 0.600. The van der Waals surface area contributed by atoms with Gasteiger partial charge < -0.3 is 14.5 Å². The van der Waals surface area contributed by atoms with Gasteiger partial charge in [0.1, 0.15) is 0 Å². The van der Waals surface area contributed by atoms with E-state index in [1.165, 1.54) is 7.11 Å². The molecule has 0 aliphatic carbocycles. The SMILES string of the molecule is COC(=O)C1CCN(CCN(C)C)C1. The van der Waals surface area contributed by atoms with Crippen molar-refractivity contribution in [2.75, 3.05) is 47.4 Å². The minimum Gasteiger partial charge on any atom is -0.469 e. The van der Waals surface area contributed by atoms with Crippen molar-refractivity contribution in [3.63, 3.8) is 0 Å². The Labute approximate surface area is 85.8 Å². The standard InChI is InChI=1S/C10H20N2O2/c1-11(2)6-7-12-5-4-9(8-12)10(13)14-3/h9H,4-8H2,1-3H3. The van der Waals surface area contributed by atoms with Gasteiger partial charge in [-0.25, -0.2) is 0 Å². The molecule has 14 heavy (non-hydrogen) atoms. The number of nitrogens with zero attached hydrogens (tertiary/aromatic N) is 2. The molecule has 1 fully saturated rings. The van der Waals surface area contributed by atoms with E-state index in [1.807, 2.05) is 0 Å². The van der Waals surface area contributed by atoms with E-state index in [-0.39, 0.29) is 11.9 Å². The third-order valence-electron chi connectivity index (χ3n) is 2.67. The van der Waals surface area contributed by atoms with E-state index < -0.39 is 0 Å². The van der Waals surface area contributed by atoms with Crippen molar-refractivity contribution in [2.45, 2.75) is 6.42 Å². The second-order valence-electron chi connectivity index (χ2n) is 4.11. The lowest BCUT2D eigenvalue weighted by Crippen LogP contribution is -2.31. The number of methoxy groups -OCH3 is 1. The fourth-order valence-electron chi connectivity index (χ4n) is 1.74. The van der Waals surface area contributed by atoms with Crippen LogP contribution in [0.2, 0.25) is 0 Å². The molecule has 1 aliphatic rings. The highest BCUT2D eigenvalue weighted by atomic mass is 16.5. The third kappa shape index (κ3) is 3.27. The van der Waals surface area contributed by atoms with Crippen LogP contribution < -0.4 is 0 Å². The maximum atomic E-state index is 11.2. The summed E-state index contributed by atoms with van der Waals surface area (Å²) >= 11 is 0. The summed E-state index contributed by atoms with van der Waals surface area (Å²) in [5.74, 6) is 0.0412. The highest BCUT2D eigenvalue weighted by Crippen LogP contribution is 2.16. The summed E-state index contributed by atoms with van der Waals surface area (Å²) in [7, 11) is 5.59. The van der Waals surface area contributed by atoms with Crippen LogP contribution in [0.15, 0.2) is 0 Å². The van der Waals surface area contributed by atoms with Gasteiger partial charge in [0.05, 0.1) is 13.0 Å². The number of hydrogen-bond donors (Lipinski definition) is 0. The molecule has 0 saturated carbocycles. The number of carbonyl (C=O) groups excluding carboxylic acids is 1. The summed E-state index contributed by atoms with van der Waals surface area (Å²) in [5, 5.41) is 0. The summed E-state index contributed by atoms with van der Waals surface area (Å²) in [6.45, 7) is 3.97. The van der Waals surface area contributed by atoms with Crippen LogP contribution in [0.1, 0.15) is 6.42 Å². The molecule has 1 atom stereocenters. The number of likely N-dealkylation sites (tertiary alicyclic amines) is 1. The molecule has 0 amide bonds. The normalized spacial score (nSPS) is 23.0. The highest BCUT2D eigenvalue weighted by molar-refractivity contribution is 5.72. The van der Waals surface area contributed by atoms with Crippen molar-refractivity contribution in [2.24, 2.45) is 5.92 Å². The molecule has 1 heterocycles. The molecule has 0 aromatic rings. The number of hydrogen-bond acceptors (Lipinski definition) is 4. The Balaban J connectivity index is 2.23. The van der Waals surface area contributed by atoms with E-state index in [2.05, 4.69) is 23.9 Å². The molecule has 0 aromatic carbocycles. The topological polar surface area (TPSA) is 32.8 Å². The van der Waals surface area contributed by atoms with Crippen molar-refractivity contribution in [3.8, 4) is 0 Å². The van der Waals surface area contributed by atoms with Crippen LogP contribution in [0.25, 0.3) is 0 Å². The largest absolute Gasteiger partial charge is 0.469 e. The van der Waals surface area contributed by atoms with Crippen LogP contribution >= 0.6 is 0 Å². The van der Waals surface area contributed by atoms with Crippen LogP contribution in [0.5, 0.6) is 0 Å². The van der Waals surface area contributed by atoms with E-state index in [0.717, 1.165) is 32.6 Å². The van der Waals surface area contributed by atoms with Gasteiger partial charge in [0.2, 0.25) is 0 Å². The average Bonchev–Trinajstić information content (AvgIpc) is 2.62. The summed E-state index contributed by atoms with van der Waals surface area (Å²) < 4.78 is 4.73. The Kier molecular flexibility index (Phi) is 4.35. The first-order valence-electron chi connectivity index (χ1n) is 5.08. The smallest absolute Gasteiger partial charge is 0.310 e. The predicted octanol–water partition coefficient (Wildman–Crippen LogP) is 0.0429. The second-order valence-corrected chi connectivity index (χ2v) is 4.11. The van der Waals surface area contributed by atoms with Crippen molar-refractivity contribution in [3.05, 3.63) is 0 Å². The van der Waals surface area contributed by atoms with Gasteiger partial charge in [-0.15, -0.1) is 0 Å². The summed E-state index contributed by atoms with van der Waals surface area (Å²) in [5.41, 5.74) is 0. The lowest BCUT2D eigenvalue weighted by Gasteiger charge is -2.18. The molecule has 0 spiro atoms. The summed E-state index contributed by atoms with van der Waals surface area (Å²) in [6, 6.07) is 0. The van der Waals surface area contributed by atoms with Crippen LogP contribution in [0.3, 0.4) is 0 Å². The molecule has 1 aliphatic heterocycles. The monoisotopic (exact) mass is 200 g/mol. The van der Waals surface area contributed by atoms with Gasteiger partial charge in [-0.1, -0.05) is 0 Å². The van der Waals surface area contributed by atoms with Crippen molar-refractivity contribution < 1.29 is 9.53 Å². The van der Waals surface area contributed by atoms with Crippen LogP contribution in [-0.2, 0) is 9.53 Å². The lowest BCUT2D eigenvalue weighted by atomic mass is 10.1. The molecule has 4 heteroatoms. The molecule has 0 N–H and O–H groups in total. The summed E-state index contributed by atoms with van der Waals surface area (Å²) in [6.07, 6.45) is 0.945. The lowest BCUT2D eigenvalue weighted by molar-refractivity contribution is -0.144. The molecular formula is C10H20N2O2. The fourth-order valence-corrected chi connectivity index (χ4v) is 1.74. The zero-order valence-electron chi connectivity index (χ0n) is 9.32. The molecular weight excluding hydrogens is 180 g/mol. The first-order chi connectivity index (χ1) is 6.63. The number of rotatable bonds is 4. The molecule has 4 nitrogen and oxygen atoms in total. The zero-order valence-corrected chi connectivity index (χ0v) is 9.32. The van der Waals surface area contributed by atoms with Gasteiger partial charge >= 0.3 is 5.97 Å². The predicted molar refractivity (Wildman–Crippen MR) is 55.1 cm³/mol. The van der Waals surface area contributed by atoms with Gasteiger partial charge in [0.25, 0.3) is 0 Å². The van der Waals surface area contributed by atoms with Crippen LogP contribution in [0.4, 0.5) is 0 Å². The van der Waals surface area contributed by atoms with Crippen LogP contribution in [0, 0.1) is 5.92 Å². The first-order valence-corrected chi connectivity index (χ1v) is 5.08. The van der Waals surface area contributed by atoms with E-state index >= 15 is 0 Å². The molecule has 82 valence electrons. The van der Waals surface area contributed by atoms with Gasteiger partial charge in [-0.2, -0.15) is 0 Å². The Hall–Kier alpha value is -0.610. The van der Waals surface area contributed by atoms with E-state index in [0.29, 0.717) is 0 Å². The fraction of sp³-hybridized carbons (Fsp3) is 0.900. The van der Waals surface area contributed by atoms with Crippen molar-refractivity contribution in [1.82, 2.24) is 9.80 Å². The Morgan fingerprint density at radius 1 is 1.57 bits per heavy atom. The minimum absolute atomic E-state index is 0.0580. The van der Waals surface area contributed by atoms with E-state index in [4.69, 9.17) is 4.74 Å². The number of likely N-dealkylation sites (N-methyl/N-ethyl adjacent to an activating group) is 1. The van der Waals surface area contributed by atoms with E-state index in [9.17, 15) is 4.79 Å². The highest BCUT2D eigenvalue weighted by Gasteiger charge is 2.28. The third-order valence-corrected chi connectivity index (χ3v) is 2.67. The molecule has 0 radical (unpaired) electrons. The van der Waals surface area contributed by atoms with Gasteiger partial charge in [-0.3, -0.25) is 4.79 Å². The van der Waals surface area contributed by atoms with Crippen molar-refractivity contribution >= 4 is 5.97 Å². The Morgan fingerprint density at radius 2 is 2.29 bits per heavy atom.